The highest BCUT2D eigenvalue weighted by Crippen LogP contribution is 2.37. The summed E-state index contributed by atoms with van der Waals surface area (Å²) in [6.07, 6.45) is -3.93. The summed E-state index contributed by atoms with van der Waals surface area (Å²) in [6.45, 7) is 1.92. The lowest BCUT2D eigenvalue weighted by Crippen LogP contribution is -2.50. The molecule has 0 radical (unpaired) electrons. The number of carbonyl (C=O) groups is 2. The fraction of sp³-hybridized carbons (Fsp3) is 0.286. The van der Waals surface area contributed by atoms with E-state index in [2.05, 4.69) is 5.32 Å². The Morgan fingerprint density at radius 3 is 2.31 bits per heavy atom. The second kappa shape index (κ2) is 10.0. The number of carboxylic acids is 1. The molecular weight excluding hydrogens is 471 g/mol. The van der Waals surface area contributed by atoms with E-state index >= 15 is 0 Å². The number of carbonyl (C=O) groups excluding carboxylic acids is 1. The summed E-state index contributed by atoms with van der Waals surface area (Å²) in [5.74, 6) is -2.16. The Balaban J connectivity index is 1.55. The third kappa shape index (κ3) is 5.87. The van der Waals surface area contributed by atoms with Gasteiger partial charge in [-0.05, 0) is 54.7 Å². The quantitative estimate of drug-likeness (QED) is 0.438. The lowest BCUT2D eigenvalue weighted by molar-refractivity contribution is -0.139. The molecule has 1 amide bonds. The van der Waals surface area contributed by atoms with Crippen LogP contribution in [0.3, 0.4) is 0 Å². The van der Waals surface area contributed by atoms with Gasteiger partial charge < -0.3 is 15.2 Å². The molecule has 36 heavy (non-hydrogen) atoms. The first-order valence-corrected chi connectivity index (χ1v) is 11.6. The Morgan fingerprint density at radius 1 is 1.00 bits per heavy atom. The van der Waals surface area contributed by atoms with Gasteiger partial charge in [-0.2, -0.15) is 13.2 Å². The molecule has 0 bridgehead atoms. The van der Waals surface area contributed by atoms with Crippen molar-refractivity contribution < 1.29 is 32.6 Å². The molecule has 0 atom stereocenters. The molecular formula is C28H26F3NO4. The molecule has 0 spiro atoms. The number of aryl methyl sites for hydroxylation is 1. The van der Waals surface area contributed by atoms with E-state index in [4.69, 9.17) is 4.74 Å². The number of ether oxygens (including phenoxy) is 1. The van der Waals surface area contributed by atoms with E-state index in [0.717, 1.165) is 40.5 Å². The van der Waals surface area contributed by atoms with Gasteiger partial charge in [0.25, 0.3) is 5.91 Å². The molecule has 1 aliphatic carbocycles. The number of amides is 1. The van der Waals surface area contributed by atoms with Crippen molar-refractivity contribution in [2.75, 3.05) is 6.61 Å². The molecule has 0 unspecified atom stereocenters. The number of fused-ring (bicyclic) bond motifs is 1. The van der Waals surface area contributed by atoms with Crippen molar-refractivity contribution in [1.82, 2.24) is 5.32 Å². The number of halogens is 3. The Hall–Kier alpha value is -3.81. The van der Waals surface area contributed by atoms with Gasteiger partial charge in [0.1, 0.15) is 5.75 Å². The van der Waals surface area contributed by atoms with Crippen LogP contribution in [0, 0.1) is 6.92 Å². The van der Waals surface area contributed by atoms with Gasteiger partial charge in [0.2, 0.25) is 0 Å². The summed E-state index contributed by atoms with van der Waals surface area (Å²) >= 11 is 0. The van der Waals surface area contributed by atoms with Crippen LogP contribution in [-0.2, 0) is 30.2 Å². The van der Waals surface area contributed by atoms with E-state index in [0.29, 0.717) is 19.3 Å². The fourth-order valence-corrected chi connectivity index (χ4v) is 4.72. The number of hydrogen-bond acceptors (Lipinski definition) is 3. The molecule has 2 N–H and O–H groups in total. The van der Waals surface area contributed by atoms with Crippen LogP contribution in [0.15, 0.2) is 66.7 Å². The zero-order valence-electron chi connectivity index (χ0n) is 19.7. The van der Waals surface area contributed by atoms with Crippen LogP contribution in [0.2, 0.25) is 0 Å². The molecule has 4 rings (SSSR count). The molecule has 8 heteroatoms. The van der Waals surface area contributed by atoms with Crippen molar-refractivity contribution in [1.29, 1.82) is 0 Å². The highest BCUT2D eigenvalue weighted by molar-refractivity contribution is 5.95. The van der Waals surface area contributed by atoms with Crippen LogP contribution in [0.1, 0.15) is 44.6 Å². The topological polar surface area (TPSA) is 75.6 Å². The van der Waals surface area contributed by atoms with Crippen molar-refractivity contribution in [3.05, 3.63) is 100 Å². The maximum Gasteiger partial charge on any atom is 0.419 e. The van der Waals surface area contributed by atoms with Gasteiger partial charge in [-0.3, -0.25) is 9.59 Å². The van der Waals surface area contributed by atoms with Crippen molar-refractivity contribution in [3.8, 4) is 5.75 Å². The first-order chi connectivity index (χ1) is 17.0. The number of hydrogen-bond donors (Lipinski definition) is 2. The summed E-state index contributed by atoms with van der Waals surface area (Å²) < 4.78 is 46.4. The van der Waals surface area contributed by atoms with Crippen LogP contribution in [0.4, 0.5) is 13.2 Å². The number of carboxylic acid groups (broad SMARTS) is 1. The number of rotatable bonds is 8. The predicted octanol–water partition coefficient (Wildman–Crippen LogP) is 5.38. The first kappa shape index (κ1) is 25.3. The average Bonchev–Trinajstić information content (AvgIpc) is 3.15. The van der Waals surface area contributed by atoms with Gasteiger partial charge in [-0.1, -0.05) is 54.1 Å². The van der Waals surface area contributed by atoms with Crippen LogP contribution >= 0.6 is 0 Å². The molecule has 0 heterocycles. The summed E-state index contributed by atoms with van der Waals surface area (Å²) in [5.41, 5.74) is 1.76. The van der Waals surface area contributed by atoms with E-state index in [9.17, 15) is 27.9 Å². The summed E-state index contributed by atoms with van der Waals surface area (Å²) in [5, 5.41) is 12.3. The van der Waals surface area contributed by atoms with Crippen LogP contribution < -0.4 is 10.1 Å². The molecule has 0 saturated carbocycles. The Bertz CT molecular complexity index is 1260. The van der Waals surface area contributed by atoms with Gasteiger partial charge in [-0.15, -0.1) is 0 Å². The number of nitrogens with one attached hydrogen (secondary N) is 1. The molecule has 0 aromatic heterocycles. The smallest absolute Gasteiger partial charge is 0.419 e. The highest BCUT2D eigenvalue weighted by atomic mass is 19.4. The maximum atomic E-state index is 13.6. The van der Waals surface area contributed by atoms with E-state index in [1.807, 2.05) is 55.5 Å². The second-order valence-electron chi connectivity index (χ2n) is 9.22. The summed E-state index contributed by atoms with van der Waals surface area (Å²) in [7, 11) is 0. The molecule has 0 fully saturated rings. The minimum atomic E-state index is -4.66. The number of benzene rings is 3. The SMILES string of the molecule is Cc1cccc(CCOc2cc(C(=O)NC3(CC(=O)O)Cc4ccccc4C3)ccc2C(F)(F)F)c1. The third-order valence-electron chi connectivity index (χ3n) is 6.32. The molecule has 3 aromatic carbocycles. The fourth-order valence-electron chi connectivity index (χ4n) is 4.72. The first-order valence-electron chi connectivity index (χ1n) is 11.6. The van der Waals surface area contributed by atoms with E-state index in [1.54, 1.807) is 0 Å². The van der Waals surface area contributed by atoms with E-state index in [1.165, 1.54) is 0 Å². The largest absolute Gasteiger partial charge is 0.493 e. The van der Waals surface area contributed by atoms with E-state index < -0.39 is 34.9 Å². The number of aliphatic carboxylic acids is 1. The lowest BCUT2D eigenvalue weighted by Gasteiger charge is -2.29. The zero-order valence-corrected chi connectivity index (χ0v) is 19.7. The zero-order chi connectivity index (χ0) is 25.9. The minimum absolute atomic E-state index is 0.00410. The molecule has 0 aliphatic heterocycles. The maximum absolute atomic E-state index is 13.6. The van der Waals surface area contributed by atoms with Crippen molar-refractivity contribution in [2.24, 2.45) is 0 Å². The second-order valence-corrected chi connectivity index (χ2v) is 9.22. The van der Waals surface area contributed by atoms with Gasteiger partial charge >= 0.3 is 12.1 Å². The third-order valence-corrected chi connectivity index (χ3v) is 6.32. The average molecular weight is 498 g/mol. The molecule has 188 valence electrons. The monoisotopic (exact) mass is 497 g/mol. The Labute approximate surface area is 206 Å². The Kier molecular flexibility index (Phi) is 7.06. The molecule has 3 aromatic rings. The highest BCUT2D eigenvalue weighted by Gasteiger charge is 2.41. The summed E-state index contributed by atoms with van der Waals surface area (Å²) in [6, 6.07) is 18.0. The number of alkyl halides is 3. The van der Waals surface area contributed by atoms with Crippen LogP contribution in [0.5, 0.6) is 5.75 Å². The lowest BCUT2D eigenvalue weighted by atomic mass is 9.91. The van der Waals surface area contributed by atoms with Crippen molar-refractivity contribution in [3.63, 3.8) is 0 Å². The van der Waals surface area contributed by atoms with Crippen molar-refractivity contribution in [2.45, 2.75) is 44.3 Å². The normalized spacial score (nSPS) is 14.2. The van der Waals surface area contributed by atoms with Gasteiger partial charge in [0.05, 0.1) is 24.1 Å². The van der Waals surface area contributed by atoms with Gasteiger partial charge in [-0.25, -0.2) is 0 Å². The van der Waals surface area contributed by atoms with Gasteiger partial charge in [0.15, 0.2) is 0 Å². The van der Waals surface area contributed by atoms with Crippen LogP contribution in [0.25, 0.3) is 0 Å². The molecule has 1 aliphatic rings. The van der Waals surface area contributed by atoms with Crippen molar-refractivity contribution >= 4 is 11.9 Å². The standard InChI is InChI=1S/C28H26F3NO4/c1-18-5-4-6-19(13-18)11-12-36-24-14-20(9-10-23(24)28(29,30)31)26(35)32-27(17-25(33)34)15-21-7-2-3-8-22(21)16-27/h2-10,13-14H,11-12,15-17H2,1H3,(H,32,35)(H,33,34). The van der Waals surface area contributed by atoms with E-state index in [-0.39, 0.29) is 18.6 Å². The van der Waals surface area contributed by atoms with Crippen LogP contribution in [-0.4, -0.2) is 29.1 Å². The Morgan fingerprint density at radius 2 is 1.69 bits per heavy atom. The molecule has 0 saturated heterocycles. The molecule has 5 nitrogen and oxygen atoms in total. The summed E-state index contributed by atoms with van der Waals surface area (Å²) in [4.78, 5) is 24.7. The minimum Gasteiger partial charge on any atom is -0.493 e. The van der Waals surface area contributed by atoms with Gasteiger partial charge in [0, 0.05) is 12.0 Å². The predicted molar refractivity (Wildman–Crippen MR) is 128 cm³/mol.